The first-order valence-electron chi connectivity index (χ1n) is 8.35. The van der Waals surface area contributed by atoms with Crippen LogP contribution >= 0.6 is 0 Å². The molecule has 1 aliphatic carbocycles. The first kappa shape index (κ1) is 18.8. The summed E-state index contributed by atoms with van der Waals surface area (Å²) < 4.78 is 5.52. The predicted octanol–water partition coefficient (Wildman–Crippen LogP) is 2.23. The van der Waals surface area contributed by atoms with Crippen LogP contribution in [0.5, 0.6) is 5.75 Å². The zero-order valence-electron chi connectivity index (χ0n) is 14.7. The summed E-state index contributed by atoms with van der Waals surface area (Å²) in [7, 11) is 3.31. The van der Waals surface area contributed by atoms with E-state index in [1.165, 1.54) is 4.90 Å². The highest BCUT2D eigenvalue weighted by Crippen LogP contribution is 2.33. The number of aliphatic carboxylic acids is 1. The van der Waals surface area contributed by atoms with Crippen LogP contribution in [0.1, 0.15) is 36.5 Å². The van der Waals surface area contributed by atoms with Gasteiger partial charge in [0.05, 0.1) is 18.2 Å². The second-order valence-electron chi connectivity index (χ2n) is 6.38. The van der Waals surface area contributed by atoms with E-state index in [4.69, 9.17) is 9.84 Å². The van der Waals surface area contributed by atoms with Gasteiger partial charge in [-0.3, -0.25) is 14.4 Å². The molecule has 0 aliphatic heterocycles. The topological polar surface area (TPSA) is 95.9 Å². The van der Waals surface area contributed by atoms with Crippen LogP contribution in [0, 0.1) is 11.8 Å². The second-order valence-corrected chi connectivity index (χ2v) is 6.38. The van der Waals surface area contributed by atoms with Crippen LogP contribution in [-0.4, -0.2) is 48.5 Å². The van der Waals surface area contributed by atoms with E-state index < -0.39 is 11.9 Å². The number of carbonyl (C=O) groups is 3. The maximum atomic E-state index is 12.5. The number of benzene rings is 1. The molecule has 0 saturated heterocycles. The lowest BCUT2D eigenvalue weighted by Crippen LogP contribution is -2.24. The Morgan fingerprint density at radius 3 is 2.48 bits per heavy atom. The molecule has 1 aromatic carbocycles. The van der Waals surface area contributed by atoms with Gasteiger partial charge in [0.15, 0.2) is 0 Å². The third-order valence-electron chi connectivity index (χ3n) is 4.34. The standard InChI is InChI=1S/C18H24N2O5/c1-4-25-15-8-7-12(17(22)20(2)3)10-14(15)19-16(21)11-5-6-13(9-11)18(23)24/h7-8,10-11,13H,4-6,9H2,1-3H3,(H,19,21)(H,23,24)/t11-,13+/m1/s1. The van der Waals surface area contributed by atoms with E-state index in [1.807, 2.05) is 6.92 Å². The fourth-order valence-electron chi connectivity index (χ4n) is 2.98. The van der Waals surface area contributed by atoms with Crippen molar-refractivity contribution in [2.24, 2.45) is 11.8 Å². The van der Waals surface area contributed by atoms with Gasteiger partial charge >= 0.3 is 5.97 Å². The molecule has 1 saturated carbocycles. The van der Waals surface area contributed by atoms with E-state index in [0.717, 1.165) is 0 Å². The van der Waals surface area contributed by atoms with Gasteiger partial charge in [-0.15, -0.1) is 0 Å². The molecule has 0 heterocycles. The molecular formula is C18H24N2O5. The Kier molecular flexibility index (Phi) is 6.01. The molecule has 2 N–H and O–H groups in total. The first-order valence-corrected chi connectivity index (χ1v) is 8.35. The van der Waals surface area contributed by atoms with Gasteiger partial charge in [-0.05, 0) is 44.4 Å². The molecule has 1 aromatic rings. The van der Waals surface area contributed by atoms with E-state index in [1.54, 1.807) is 32.3 Å². The lowest BCUT2D eigenvalue weighted by atomic mass is 10.0. The van der Waals surface area contributed by atoms with Gasteiger partial charge in [-0.2, -0.15) is 0 Å². The van der Waals surface area contributed by atoms with Crippen LogP contribution in [-0.2, 0) is 9.59 Å². The quantitative estimate of drug-likeness (QED) is 0.822. The number of hydrogen-bond acceptors (Lipinski definition) is 4. The zero-order chi connectivity index (χ0) is 18.6. The fraction of sp³-hybridized carbons (Fsp3) is 0.500. The van der Waals surface area contributed by atoms with Gasteiger partial charge in [-0.25, -0.2) is 0 Å². The lowest BCUT2D eigenvalue weighted by molar-refractivity contribution is -0.141. The van der Waals surface area contributed by atoms with Crippen molar-refractivity contribution >= 4 is 23.5 Å². The molecule has 1 fully saturated rings. The van der Waals surface area contributed by atoms with Crippen molar-refractivity contribution in [3.8, 4) is 5.75 Å². The molecule has 0 aromatic heterocycles. The minimum absolute atomic E-state index is 0.176. The van der Waals surface area contributed by atoms with Crippen molar-refractivity contribution < 1.29 is 24.2 Å². The van der Waals surface area contributed by atoms with E-state index in [-0.39, 0.29) is 17.7 Å². The minimum atomic E-state index is -0.858. The number of rotatable bonds is 6. The number of nitrogens with zero attached hydrogens (tertiary/aromatic N) is 1. The van der Waals surface area contributed by atoms with Crippen LogP contribution in [0.15, 0.2) is 18.2 Å². The number of nitrogens with one attached hydrogen (secondary N) is 1. The van der Waals surface area contributed by atoms with Crippen molar-refractivity contribution in [3.63, 3.8) is 0 Å². The van der Waals surface area contributed by atoms with Crippen LogP contribution in [0.2, 0.25) is 0 Å². The number of carbonyl (C=O) groups excluding carboxylic acids is 2. The number of amides is 2. The average Bonchev–Trinajstić information content (AvgIpc) is 3.06. The summed E-state index contributed by atoms with van der Waals surface area (Å²) in [5.41, 5.74) is 0.872. The normalized spacial score (nSPS) is 19.3. The zero-order valence-corrected chi connectivity index (χ0v) is 14.7. The van der Waals surface area contributed by atoms with E-state index in [2.05, 4.69) is 5.32 Å². The summed E-state index contributed by atoms with van der Waals surface area (Å²) in [6, 6.07) is 4.90. The van der Waals surface area contributed by atoms with Crippen molar-refractivity contribution in [2.45, 2.75) is 26.2 Å². The molecule has 0 radical (unpaired) electrons. The molecule has 2 atom stereocenters. The molecule has 25 heavy (non-hydrogen) atoms. The summed E-state index contributed by atoms with van der Waals surface area (Å²) in [4.78, 5) is 37.1. The lowest BCUT2D eigenvalue weighted by Gasteiger charge is -2.17. The molecule has 1 aliphatic rings. The van der Waals surface area contributed by atoms with Gasteiger partial charge in [0.2, 0.25) is 5.91 Å². The predicted molar refractivity (Wildman–Crippen MR) is 92.7 cm³/mol. The Balaban J connectivity index is 2.18. The van der Waals surface area contributed by atoms with Crippen molar-refractivity contribution in [3.05, 3.63) is 23.8 Å². The number of ether oxygens (including phenoxy) is 1. The van der Waals surface area contributed by atoms with Crippen molar-refractivity contribution in [2.75, 3.05) is 26.0 Å². The van der Waals surface area contributed by atoms with Gasteiger partial charge in [0.1, 0.15) is 5.75 Å². The average molecular weight is 348 g/mol. The van der Waals surface area contributed by atoms with E-state index >= 15 is 0 Å². The monoisotopic (exact) mass is 348 g/mol. The molecule has 0 bridgehead atoms. The highest BCUT2D eigenvalue weighted by Gasteiger charge is 2.34. The van der Waals surface area contributed by atoms with Crippen LogP contribution < -0.4 is 10.1 Å². The Morgan fingerprint density at radius 1 is 1.24 bits per heavy atom. The summed E-state index contributed by atoms with van der Waals surface area (Å²) >= 11 is 0. The smallest absolute Gasteiger partial charge is 0.306 e. The Bertz CT molecular complexity index is 671. The van der Waals surface area contributed by atoms with Gasteiger partial charge < -0.3 is 20.1 Å². The van der Waals surface area contributed by atoms with E-state index in [0.29, 0.717) is 42.9 Å². The summed E-state index contributed by atoms with van der Waals surface area (Å²) in [5, 5.41) is 11.9. The molecule has 2 amide bonds. The van der Waals surface area contributed by atoms with Gasteiger partial charge in [0.25, 0.3) is 5.91 Å². The molecular weight excluding hydrogens is 324 g/mol. The number of hydrogen-bond donors (Lipinski definition) is 2. The first-order chi connectivity index (χ1) is 11.8. The van der Waals surface area contributed by atoms with Crippen molar-refractivity contribution in [1.82, 2.24) is 4.90 Å². The van der Waals surface area contributed by atoms with Gasteiger partial charge in [0, 0.05) is 25.6 Å². The molecule has 2 rings (SSSR count). The maximum Gasteiger partial charge on any atom is 0.306 e. The maximum absolute atomic E-state index is 12.5. The van der Waals surface area contributed by atoms with Gasteiger partial charge in [-0.1, -0.05) is 0 Å². The summed E-state index contributed by atoms with van der Waals surface area (Å²) in [5.74, 6) is -1.60. The highest BCUT2D eigenvalue weighted by atomic mass is 16.5. The van der Waals surface area contributed by atoms with Crippen LogP contribution in [0.3, 0.4) is 0 Å². The molecule has 7 heteroatoms. The molecule has 0 unspecified atom stereocenters. The molecule has 136 valence electrons. The van der Waals surface area contributed by atoms with Crippen LogP contribution in [0.25, 0.3) is 0 Å². The summed E-state index contributed by atoms with van der Waals surface area (Å²) in [6.45, 7) is 2.26. The number of carboxylic acids is 1. The second kappa shape index (κ2) is 8.00. The SMILES string of the molecule is CCOc1ccc(C(=O)N(C)C)cc1NC(=O)[C@@H]1CC[C@H](C(=O)O)C1. The number of carboxylic acid groups (broad SMARTS) is 1. The fourth-order valence-corrected chi connectivity index (χ4v) is 2.98. The summed E-state index contributed by atoms with van der Waals surface area (Å²) in [6.07, 6.45) is 1.38. The largest absolute Gasteiger partial charge is 0.492 e. The Morgan fingerprint density at radius 2 is 1.92 bits per heavy atom. The highest BCUT2D eigenvalue weighted by molar-refractivity contribution is 5.99. The minimum Gasteiger partial charge on any atom is -0.492 e. The third kappa shape index (κ3) is 4.49. The molecule has 7 nitrogen and oxygen atoms in total. The van der Waals surface area contributed by atoms with Crippen LogP contribution in [0.4, 0.5) is 5.69 Å². The number of anilines is 1. The molecule has 0 spiro atoms. The Labute approximate surface area is 147 Å². The third-order valence-corrected chi connectivity index (χ3v) is 4.34. The Hall–Kier alpha value is -2.57. The van der Waals surface area contributed by atoms with E-state index in [9.17, 15) is 14.4 Å². The van der Waals surface area contributed by atoms with Crippen molar-refractivity contribution in [1.29, 1.82) is 0 Å².